The zero-order valence-corrected chi connectivity index (χ0v) is 19.8. The van der Waals surface area contributed by atoms with E-state index in [1.54, 1.807) is 0 Å². The lowest BCUT2D eigenvalue weighted by Gasteiger charge is -2.30. The second-order valence-electron chi connectivity index (χ2n) is 9.39. The third-order valence-corrected chi connectivity index (χ3v) is 6.55. The highest BCUT2D eigenvalue weighted by atomic mass is 16.1. The Labute approximate surface area is 191 Å². The molecular formula is C26H35N5O. The maximum atomic E-state index is 12.5. The van der Waals surface area contributed by atoms with Gasteiger partial charge in [0.05, 0.1) is 5.69 Å². The van der Waals surface area contributed by atoms with E-state index in [2.05, 4.69) is 51.5 Å². The molecule has 1 unspecified atom stereocenters. The minimum Gasteiger partial charge on any atom is -0.352 e. The Kier molecular flexibility index (Phi) is 6.89. The molecule has 4 rings (SSSR count). The molecule has 32 heavy (non-hydrogen) atoms. The molecule has 2 aromatic heterocycles. The molecule has 1 fully saturated rings. The lowest BCUT2D eigenvalue weighted by atomic mass is 9.99. The number of hydrogen-bond acceptors (Lipinski definition) is 4. The summed E-state index contributed by atoms with van der Waals surface area (Å²) in [6.45, 7) is 12.3. The number of carbonyl (C=O) groups is 1. The van der Waals surface area contributed by atoms with Crippen LogP contribution in [0.3, 0.4) is 0 Å². The number of aromatic nitrogens is 3. The van der Waals surface area contributed by atoms with Crippen molar-refractivity contribution in [1.29, 1.82) is 0 Å². The third-order valence-electron chi connectivity index (χ3n) is 6.55. The summed E-state index contributed by atoms with van der Waals surface area (Å²) in [5, 5.41) is 7.58. The van der Waals surface area contributed by atoms with Gasteiger partial charge in [-0.3, -0.25) is 9.69 Å². The van der Waals surface area contributed by atoms with E-state index in [4.69, 9.17) is 0 Å². The van der Waals surface area contributed by atoms with Gasteiger partial charge < -0.3 is 5.32 Å². The lowest BCUT2D eigenvalue weighted by molar-refractivity contribution is -0.121. The van der Waals surface area contributed by atoms with Gasteiger partial charge in [-0.1, -0.05) is 31.2 Å². The Balaban J connectivity index is 1.27. The van der Waals surface area contributed by atoms with Crippen LogP contribution in [0.4, 0.5) is 0 Å². The third kappa shape index (κ3) is 5.36. The molecule has 1 N–H and O–H groups in total. The Morgan fingerprint density at radius 2 is 1.91 bits per heavy atom. The second kappa shape index (κ2) is 9.82. The summed E-state index contributed by atoms with van der Waals surface area (Å²) in [5.41, 5.74) is 7.43. The van der Waals surface area contributed by atoms with Gasteiger partial charge >= 0.3 is 0 Å². The van der Waals surface area contributed by atoms with E-state index in [0.717, 1.165) is 46.3 Å². The monoisotopic (exact) mass is 433 g/mol. The van der Waals surface area contributed by atoms with Crippen molar-refractivity contribution in [3.05, 3.63) is 64.1 Å². The first kappa shape index (κ1) is 22.5. The molecule has 3 aromatic rings. The Hall–Kier alpha value is -2.73. The average Bonchev–Trinajstić information content (AvgIpc) is 3.13. The maximum Gasteiger partial charge on any atom is 0.220 e. The van der Waals surface area contributed by atoms with E-state index in [9.17, 15) is 4.79 Å². The van der Waals surface area contributed by atoms with Crippen LogP contribution in [-0.2, 0) is 24.3 Å². The Morgan fingerprint density at radius 1 is 1.16 bits per heavy atom. The van der Waals surface area contributed by atoms with E-state index < -0.39 is 0 Å². The molecule has 1 aliphatic rings. The van der Waals surface area contributed by atoms with Crippen LogP contribution in [0.2, 0.25) is 0 Å². The predicted octanol–water partition coefficient (Wildman–Crippen LogP) is 4.14. The van der Waals surface area contributed by atoms with Crippen molar-refractivity contribution in [2.45, 2.75) is 66.5 Å². The molecule has 0 saturated carbocycles. The van der Waals surface area contributed by atoms with Gasteiger partial charge in [0.1, 0.15) is 0 Å². The Bertz CT molecular complexity index is 1090. The number of nitrogens with one attached hydrogen (secondary N) is 1. The topological polar surface area (TPSA) is 62.5 Å². The van der Waals surface area contributed by atoms with Crippen LogP contribution >= 0.6 is 0 Å². The van der Waals surface area contributed by atoms with Crippen molar-refractivity contribution in [2.75, 3.05) is 13.1 Å². The van der Waals surface area contributed by atoms with Gasteiger partial charge in [-0.25, -0.2) is 9.50 Å². The van der Waals surface area contributed by atoms with Crippen molar-refractivity contribution in [1.82, 2.24) is 24.8 Å². The number of hydrogen-bond donors (Lipinski definition) is 1. The molecule has 0 radical (unpaired) electrons. The van der Waals surface area contributed by atoms with Crippen LogP contribution < -0.4 is 5.32 Å². The maximum absolute atomic E-state index is 12.5. The van der Waals surface area contributed by atoms with Crippen LogP contribution in [0.5, 0.6) is 0 Å². The normalized spacial score (nSPS) is 17.1. The molecule has 1 amide bonds. The molecule has 6 heteroatoms. The SMILES string of the molecule is Cc1cc2nc(C)c(CCC(=O)NCc3ccc(CN4CCCC(C)C4)cc3)c(C)n2n1. The molecule has 0 aliphatic carbocycles. The smallest absolute Gasteiger partial charge is 0.220 e. The van der Waals surface area contributed by atoms with Crippen LogP contribution in [-0.4, -0.2) is 38.5 Å². The van der Waals surface area contributed by atoms with Crippen molar-refractivity contribution >= 4 is 11.6 Å². The van der Waals surface area contributed by atoms with Crippen molar-refractivity contribution in [3.63, 3.8) is 0 Å². The molecule has 6 nitrogen and oxygen atoms in total. The number of nitrogens with zero attached hydrogens (tertiary/aromatic N) is 4. The molecule has 1 aliphatic heterocycles. The number of amides is 1. The molecule has 0 bridgehead atoms. The van der Waals surface area contributed by atoms with Gasteiger partial charge in [0, 0.05) is 43.5 Å². The van der Waals surface area contributed by atoms with Crippen LogP contribution in [0.1, 0.15) is 60.0 Å². The fourth-order valence-electron chi connectivity index (χ4n) is 4.78. The zero-order valence-electron chi connectivity index (χ0n) is 19.8. The minimum absolute atomic E-state index is 0.0620. The van der Waals surface area contributed by atoms with Gasteiger partial charge in [-0.05, 0) is 69.2 Å². The molecule has 1 saturated heterocycles. The van der Waals surface area contributed by atoms with E-state index in [1.165, 1.54) is 31.5 Å². The fraction of sp³-hybridized carbons (Fsp3) is 0.500. The quantitative estimate of drug-likeness (QED) is 0.608. The molecule has 1 atom stereocenters. The average molecular weight is 434 g/mol. The molecule has 1 aromatic carbocycles. The standard InChI is InChI=1S/C26H35N5O/c1-18-6-5-13-30(16-18)17-23-9-7-22(8-10-23)15-27-26(32)12-11-24-20(3)28-25-14-19(2)29-31(25)21(24)4/h7-10,14,18H,5-6,11-13,15-17H2,1-4H3,(H,27,32). The number of aryl methyl sites for hydroxylation is 3. The van der Waals surface area contributed by atoms with Gasteiger partial charge in [0.2, 0.25) is 5.91 Å². The Morgan fingerprint density at radius 3 is 2.66 bits per heavy atom. The number of likely N-dealkylation sites (tertiary alicyclic amines) is 1. The summed E-state index contributed by atoms with van der Waals surface area (Å²) >= 11 is 0. The number of carbonyl (C=O) groups excluding carboxylic acids is 1. The van der Waals surface area contributed by atoms with E-state index in [0.29, 0.717) is 19.4 Å². The highest BCUT2D eigenvalue weighted by Gasteiger charge is 2.16. The van der Waals surface area contributed by atoms with Gasteiger partial charge in [-0.15, -0.1) is 0 Å². The first-order valence-corrected chi connectivity index (χ1v) is 11.8. The first-order chi connectivity index (χ1) is 15.4. The summed E-state index contributed by atoms with van der Waals surface area (Å²) in [6, 6.07) is 10.6. The summed E-state index contributed by atoms with van der Waals surface area (Å²) < 4.78 is 1.88. The second-order valence-corrected chi connectivity index (χ2v) is 9.39. The molecule has 0 spiro atoms. The summed E-state index contributed by atoms with van der Waals surface area (Å²) in [7, 11) is 0. The number of piperidine rings is 1. The number of benzene rings is 1. The van der Waals surface area contributed by atoms with Gasteiger partial charge in [0.15, 0.2) is 5.65 Å². The molecule has 170 valence electrons. The van der Waals surface area contributed by atoms with E-state index in [-0.39, 0.29) is 5.91 Å². The minimum atomic E-state index is 0.0620. The van der Waals surface area contributed by atoms with Gasteiger partial charge in [0.25, 0.3) is 0 Å². The predicted molar refractivity (Wildman–Crippen MR) is 127 cm³/mol. The van der Waals surface area contributed by atoms with Gasteiger partial charge in [-0.2, -0.15) is 5.10 Å². The summed E-state index contributed by atoms with van der Waals surface area (Å²) in [5.74, 6) is 0.860. The van der Waals surface area contributed by atoms with Crippen molar-refractivity contribution in [3.8, 4) is 0 Å². The van der Waals surface area contributed by atoms with E-state index in [1.807, 2.05) is 31.4 Å². The number of rotatable bonds is 7. The largest absolute Gasteiger partial charge is 0.352 e. The number of fused-ring (bicyclic) bond motifs is 1. The summed E-state index contributed by atoms with van der Waals surface area (Å²) in [6.07, 6.45) is 3.76. The van der Waals surface area contributed by atoms with Crippen LogP contribution in [0, 0.1) is 26.7 Å². The zero-order chi connectivity index (χ0) is 22.7. The van der Waals surface area contributed by atoms with Crippen LogP contribution in [0.15, 0.2) is 30.3 Å². The lowest BCUT2D eigenvalue weighted by Crippen LogP contribution is -2.33. The first-order valence-electron chi connectivity index (χ1n) is 11.8. The highest BCUT2D eigenvalue weighted by molar-refractivity contribution is 5.76. The van der Waals surface area contributed by atoms with Crippen molar-refractivity contribution < 1.29 is 4.79 Å². The van der Waals surface area contributed by atoms with Crippen molar-refractivity contribution in [2.24, 2.45) is 5.92 Å². The fourth-order valence-corrected chi connectivity index (χ4v) is 4.78. The highest BCUT2D eigenvalue weighted by Crippen LogP contribution is 2.19. The van der Waals surface area contributed by atoms with E-state index >= 15 is 0 Å². The summed E-state index contributed by atoms with van der Waals surface area (Å²) in [4.78, 5) is 19.7. The van der Waals surface area contributed by atoms with Crippen LogP contribution in [0.25, 0.3) is 5.65 Å². The molecular weight excluding hydrogens is 398 g/mol. The molecule has 3 heterocycles.